The molecule has 2 heterocycles. The van der Waals surface area contributed by atoms with Gasteiger partial charge in [0.05, 0.1) is 23.8 Å². The predicted molar refractivity (Wildman–Crippen MR) is 95.3 cm³/mol. The first-order valence-electron chi connectivity index (χ1n) is 7.86. The summed E-state index contributed by atoms with van der Waals surface area (Å²) in [6, 6.07) is 7.46. The lowest BCUT2D eigenvalue weighted by molar-refractivity contribution is 0.0842. The lowest BCUT2D eigenvalue weighted by atomic mass is 9.95. The van der Waals surface area contributed by atoms with Crippen LogP contribution in [0.5, 0.6) is 0 Å². The van der Waals surface area contributed by atoms with Crippen LogP contribution in [-0.2, 0) is 9.47 Å². The first kappa shape index (κ1) is 16.7. The third-order valence-electron chi connectivity index (χ3n) is 4.22. The Morgan fingerprint density at radius 3 is 2.67 bits per heavy atom. The average molecular weight is 346 g/mol. The molecule has 0 spiro atoms. The summed E-state index contributed by atoms with van der Waals surface area (Å²) in [6.07, 6.45) is 3.52. The molecule has 1 aromatic carbocycles. The van der Waals surface area contributed by atoms with Crippen molar-refractivity contribution < 1.29 is 9.47 Å². The van der Waals surface area contributed by atoms with Gasteiger partial charge in [0.15, 0.2) is 0 Å². The molecule has 1 N–H and O–H groups in total. The Balaban J connectivity index is 2.14. The molecule has 5 nitrogen and oxygen atoms in total. The Bertz CT molecular complexity index is 836. The maximum Gasteiger partial charge on any atom is 0.206 e. The average Bonchev–Trinajstić information content (AvgIpc) is 2.93. The van der Waals surface area contributed by atoms with Crippen molar-refractivity contribution in [2.75, 3.05) is 20.3 Å². The first-order valence-corrected chi connectivity index (χ1v) is 8.23. The zero-order chi connectivity index (χ0) is 17.1. The topological polar surface area (TPSA) is 60.1 Å². The summed E-state index contributed by atoms with van der Waals surface area (Å²) >= 11 is 5.97. The number of ether oxygens (including phenoxy) is 2. The SMILES string of the molecule is C=c1/c(=C\C(=N)OC)c(C2CCOCC2)nn1-c1ccc(Cl)cc1. The smallest absolute Gasteiger partial charge is 0.206 e. The van der Waals surface area contributed by atoms with E-state index in [0.29, 0.717) is 10.9 Å². The van der Waals surface area contributed by atoms with Crippen molar-refractivity contribution in [1.82, 2.24) is 9.78 Å². The highest BCUT2D eigenvalue weighted by molar-refractivity contribution is 6.30. The van der Waals surface area contributed by atoms with Gasteiger partial charge in [-0.2, -0.15) is 5.10 Å². The van der Waals surface area contributed by atoms with Gasteiger partial charge in [0, 0.05) is 35.4 Å². The Kier molecular flexibility index (Phi) is 5.02. The van der Waals surface area contributed by atoms with Crippen LogP contribution in [0.15, 0.2) is 24.3 Å². The summed E-state index contributed by atoms with van der Waals surface area (Å²) in [5.74, 6) is 0.382. The zero-order valence-corrected chi connectivity index (χ0v) is 14.3. The van der Waals surface area contributed by atoms with E-state index in [4.69, 9.17) is 31.6 Å². The third-order valence-corrected chi connectivity index (χ3v) is 4.48. The van der Waals surface area contributed by atoms with Crippen LogP contribution < -0.4 is 10.6 Å². The number of nitrogens with zero attached hydrogens (tertiary/aromatic N) is 2. The molecule has 0 bridgehead atoms. The molecule has 0 amide bonds. The Morgan fingerprint density at radius 2 is 2.04 bits per heavy atom. The first-order chi connectivity index (χ1) is 11.6. The lowest BCUT2D eigenvalue weighted by Crippen LogP contribution is -2.31. The normalized spacial score (nSPS) is 16.3. The minimum absolute atomic E-state index is 0.0869. The number of methoxy groups -OCH3 is 1. The van der Waals surface area contributed by atoms with Gasteiger partial charge in [-0.05, 0) is 37.1 Å². The number of nitrogens with one attached hydrogen (secondary N) is 1. The van der Waals surface area contributed by atoms with Gasteiger partial charge in [-0.1, -0.05) is 18.2 Å². The van der Waals surface area contributed by atoms with Gasteiger partial charge in [0.25, 0.3) is 0 Å². The van der Waals surface area contributed by atoms with E-state index in [-0.39, 0.29) is 5.90 Å². The molecule has 3 rings (SSSR count). The van der Waals surface area contributed by atoms with Crippen LogP contribution in [0.4, 0.5) is 0 Å². The molecule has 2 aromatic rings. The molecule has 1 saturated heterocycles. The van der Waals surface area contributed by atoms with Crippen molar-refractivity contribution in [3.05, 3.63) is 45.5 Å². The molecule has 0 atom stereocenters. The second-order valence-electron chi connectivity index (χ2n) is 5.73. The van der Waals surface area contributed by atoms with Crippen molar-refractivity contribution in [3.63, 3.8) is 0 Å². The highest BCUT2D eigenvalue weighted by Crippen LogP contribution is 2.23. The van der Waals surface area contributed by atoms with E-state index in [9.17, 15) is 0 Å². The summed E-state index contributed by atoms with van der Waals surface area (Å²) in [7, 11) is 1.49. The second kappa shape index (κ2) is 7.20. The molecule has 6 heteroatoms. The molecular formula is C18H20ClN3O2. The minimum atomic E-state index is 0.0869. The van der Waals surface area contributed by atoms with Crippen LogP contribution in [-0.4, -0.2) is 36.0 Å². The maximum atomic E-state index is 7.84. The molecule has 1 aliphatic rings. The summed E-state index contributed by atoms with van der Waals surface area (Å²) in [6.45, 7) is 5.63. The Labute approximate surface area is 145 Å². The maximum absolute atomic E-state index is 7.84. The highest BCUT2D eigenvalue weighted by Gasteiger charge is 2.21. The molecular weight excluding hydrogens is 326 g/mol. The van der Waals surface area contributed by atoms with Gasteiger partial charge >= 0.3 is 0 Å². The fourth-order valence-corrected chi connectivity index (χ4v) is 3.03. The second-order valence-corrected chi connectivity index (χ2v) is 6.17. The Morgan fingerprint density at radius 1 is 1.38 bits per heavy atom. The van der Waals surface area contributed by atoms with E-state index < -0.39 is 0 Å². The van der Waals surface area contributed by atoms with E-state index in [0.717, 1.165) is 48.0 Å². The van der Waals surface area contributed by atoms with Crippen LogP contribution in [0.25, 0.3) is 18.3 Å². The standard InChI is InChI=1S/C18H20ClN3O2/c1-12-16(11-17(20)23-2)18(13-7-9-24-10-8-13)21-22(12)15-5-3-14(19)4-6-15/h3-6,11,13,20H,1,7-10H2,2H3/b16-11+,20-17?. The molecule has 24 heavy (non-hydrogen) atoms. The third kappa shape index (κ3) is 3.37. The number of rotatable bonds is 3. The largest absolute Gasteiger partial charge is 0.481 e. The van der Waals surface area contributed by atoms with Gasteiger partial charge in [-0.15, -0.1) is 0 Å². The fourth-order valence-electron chi connectivity index (χ4n) is 2.90. The number of aromatic nitrogens is 2. The van der Waals surface area contributed by atoms with E-state index in [1.54, 1.807) is 10.8 Å². The highest BCUT2D eigenvalue weighted by atomic mass is 35.5. The summed E-state index contributed by atoms with van der Waals surface area (Å²) in [5, 5.41) is 14.9. The number of hydrogen-bond donors (Lipinski definition) is 1. The molecule has 0 aliphatic carbocycles. The van der Waals surface area contributed by atoms with Crippen LogP contribution in [0, 0.1) is 5.41 Å². The van der Waals surface area contributed by atoms with Crippen LogP contribution in [0.1, 0.15) is 24.5 Å². The van der Waals surface area contributed by atoms with Crippen LogP contribution in [0.2, 0.25) is 5.02 Å². The fraction of sp³-hybridized carbons (Fsp3) is 0.333. The summed E-state index contributed by atoms with van der Waals surface area (Å²) in [5.41, 5.74) is 1.83. The molecule has 0 radical (unpaired) electrons. The molecule has 126 valence electrons. The summed E-state index contributed by atoms with van der Waals surface area (Å²) in [4.78, 5) is 0. The lowest BCUT2D eigenvalue weighted by Gasteiger charge is -2.20. The molecule has 1 fully saturated rings. The Hall–Kier alpha value is -2.11. The molecule has 1 aromatic heterocycles. The van der Waals surface area contributed by atoms with Crippen molar-refractivity contribution in [2.45, 2.75) is 18.8 Å². The van der Waals surface area contributed by atoms with Gasteiger partial charge in [0.1, 0.15) is 0 Å². The van der Waals surface area contributed by atoms with Gasteiger partial charge < -0.3 is 9.47 Å². The van der Waals surface area contributed by atoms with Crippen molar-refractivity contribution in [2.24, 2.45) is 0 Å². The number of hydrogen-bond acceptors (Lipinski definition) is 4. The van der Waals surface area contributed by atoms with E-state index in [1.165, 1.54) is 7.11 Å². The van der Waals surface area contributed by atoms with Crippen LogP contribution >= 0.6 is 11.6 Å². The van der Waals surface area contributed by atoms with Crippen molar-refractivity contribution in [3.8, 4) is 5.69 Å². The van der Waals surface area contributed by atoms with Gasteiger partial charge in [0.2, 0.25) is 5.90 Å². The molecule has 1 aliphatic heterocycles. The van der Waals surface area contributed by atoms with E-state index >= 15 is 0 Å². The monoisotopic (exact) mass is 345 g/mol. The van der Waals surface area contributed by atoms with E-state index in [2.05, 4.69) is 6.58 Å². The minimum Gasteiger partial charge on any atom is -0.481 e. The number of benzene rings is 1. The molecule has 0 unspecified atom stereocenters. The van der Waals surface area contributed by atoms with Crippen molar-refractivity contribution >= 4 is 30.2 Å². The van der Waals surface area contributed by atoms with Crippen LogP contribution in [0.3, 0.4) is 0 Å². The molecule has 0 saturated carbocycles. The van der Waals surface area contributed by atoms with Gasteiger partial charge in [-0.25, -0.2) is 4.68 Å². The van der Waals surface area contributed by atoms with Gasteiger partial charge in [-0.3, -0.25) is 5.41 Å². The summed E-state index contributed by atoms with van der Waals surface area (Å²) < 4.78 is 12.3. The van der Waals surface area contributed by atoms with Crippen molar-refractivity contribution in [1.29, 1.82) is 5.41 Å². The predicted octanol–water partition coefficient (Wildman–Crippen LogP) is 2.23. The number of halogens is 1. The quantitative estimate of drug-likeness (QED) is 0.685. The zero-order valence-electron chi connectivity index (χ0n) is 13.6. The van der Waals surface area contributed by atoms with E-state index in [1.807, 2.05) is 24.3 Å².